The molecule has 5 heteroatoms. The van der Waals surface area contributed by atoms with E-state index in [1.807, 2.05) is 12.1 Å². The van der Waals surface area contributed by atoms with Gasteiger partial charge < -0.3 is 5.32 Å². The monoisotopic (exact) mass is 228 g/mol. The minimum absolute atomic E-state index is 0.0966. The lowest BCUT2D eigenvalue weighted by molar-refractivity contribution is -0.117. The minimum Gasteiger partial charge on any atom is -0.323 e. The molecule has 1 amide bonds. The molecule has 0 saturated heterocycles. The van der Waals surface area contributed by atoms with Gasteiger partial charge in [0.2, 0.25) is 5.91 Å². The van der Waals surface area contributed by atoms with Crippen molar-refractivity contribution in [2.75, 3.05) is 5.32 Å². The second-order valence-electron chi connectivity index (χ2n) is 4.14. The van der Waals surface area contributed by atoms with Gasteiger partial charge in [-0.15, -0.1) is 0 Å². The fourth-order valence-electron chi connectivity index (χ4n) is 1.62. The van der Waals surface area contributed by atoms with E-state index in [1.165, 1.54) is 0 Å². The van der Waals surface area contributed by atoms with E-state index in [2.05, 4.69) is 15.4 Å². The summed E-state index contributed by atoms with van der Waals surface area (Å²) in [6.45, 7) is 0. The molecule has 1 saturated carbocycles. The lowest BCUT2D eigenvalue weighted by Crippen LogP contribution is -2.12. The van der Waals surface area contributed by atoms with E-state index in [4.69, 9.17) is 0 Å². The maximum absolute atomic E-state index is 11.6. The standard InChI is InChI=1S/C12H12N4O/c17-12(9-1-2-9)15-10-7-14-16(8-10)11-3-5-13-6-4-11/h3-9H,1-2H2,(H,15,17). The van der Waals surface area contributed by atoms with Gasteiger partial charge in [-0.05, 0) is 25.0 Å². The number of aromatic nitrogens is 3. The molecule has 1 N–H and O–H groups in total. The van der Waals surface area contributed by atoms with Crippen molar-refractivity contribution in [2.45, 2.75) is 12.8 Å². The van der Waals surface area contributed by atoms with E-state index >= 15 is 0 Å². The Bertz CT molecular complexity index is 530. The zero-order chi connectivity index (χ0) is 11.7. The van der Waals surface area contributed by atoms with Crippen LogP contribution in [0.5, 0.6) is 0 Å². The highest BCUT2D eigenvalue weighted by Crippen LogP contribution is 2.30. The van der Waals surface area contributed by atoms with Gasteiger partial charge in [-0.2, -0.15) is 5.10 Å². The van der Waals surface area contributed by atoms with Crippen molar-refractivity contribution in [3.8, 4) is 5.69 Å². The van der Waals surface area contributed by atoms with Gasteiger partial charge in [0.25, 0.3) is 0 Å². The van der Waals surface area contributed by atoms with Crippen LogP contribution in [0.3, 0.4) is 0 Å². The molecule has 2 heterocycles. The van der Waals surface area contributed by atoms with Crippen LogP contribution in [0.4, 0.5) is 5.69 Å². The van der Waals surface area contributed by atoms with Crippen molar-refractivity contribution in [1.29, 1.82) is 0 Å². The van der Waals surface area contributed by atoms with Crippen molar-refractivity contribution in [3.63, 3.8) is 0 Å². The highest BCUT2D eigenvalue weighted by atomic mass is 16.2. The highest BCUT2D eigenvalue weighted by molar-refractivity contribution is 5.93. The largest absolute Gasteiger partial charge is 0.323 e. The zero-order valence-electron chi connectivity index (χ0n) is 9.21. The van der Waals surface area contributed by atoms with E-state index in [9.17, 15) is 4.79 Å². The van der Waals surface area contributed by atoms with Gasteiger partial charge in [-0.3, -0.25) is 9.78 Å². The van der Waals surface area contributed by atoms with Gasteiger partial charge >= 0.3 is 0 Å². The van der Waals surface area contributed by atoms with Gasteiger partial charge in [0.05, 0.1) is 23.8 Å². The second kappa shape index (κ2) is 4.01. The number of pyridine rings is 1. The third-order valence-electron chi connectivity index (χ3n) is 2.73. The van der Waals surface area contributed by atoms with Crippen molar-refractivity contribution >= 4 is 11.6 Å². The van der Waals surface area contributed by atoms with E-state index in [0.717, 1.165) is 24.2 Å². The Kier molecular flexibility index (Phi) is 2.36. The molecule has 3 rings (SSSR count). The molecule has 1 aliphatic rings. The average Bonchev–Trinajstić information content (AvgIpc) is 3.12. The van der Waals surface area contributed by atoms with E-state index in [1.54, 1.807) is 29.5 Å². The molecule has 2 aromatic heterocycles. The predicted molar refractivity (Wildman–Crippen MR) is 62.7 cm³/mol. The Morgan fingerprint density at radius 3 is 2.82 bits per heavy atom. The third-order valence-corrected chi connectivity index (χ3v) is 2.73. The molecular formula is C12H12N4O. The van der Waals surface area contributed by atoms with Crippen LogP contribution in [-0.2, 0) is 4.79 Å². The summed E-state index contributed by atoms with van der Waals surface area (Å²) in [5, 5.41) is 7.05. The summed E-state index contributed by atoms with van der Waals surface area (Å²) in [5.74, 6) is 0.304. The maximum Gasteiger partial charge on any atom is 0.227 e. The smallest absolute Gasteiger partial charge is 0.227 e. The summed E-state index contributed by atoms with van der Waals surface area (Å²) < 4.78 is 1.71. The molecule has 17 heavy (non-hydrogen) atoms. The summed E-state index contributed by atoms with van der Waals surface area (Å²) in [4.78, 5) is 15.5. The molecule has 0 unspecified atom stereocenters. The fourth-order valence-corrected chi connectivity index (χ4v) is 1.62. The molecule has 0 aliphatic heterocycles. The summed E-state index contributed by atoms with van der Waals surface area (Å²) in [6.07, 6.45) is 8.88. The first kappa shape index (κ1) is 10.0. The van der Waals surface area contributed by atoms with Crippen LogP contribution >= 0.6 is 0 Å². The van der Waals surface area contributed by atoms with Crippen LogP contribution in [0.15, 0.2) is 36.9 Å². The summed E-state index contributed by atoms with van der Waals surface area (Å²) in [5.41, 5.74) is 1.66. The number of carbonyl (C=O) groups excluding carboxylic acids is 1. The molecule has 86 valence electrons. The fraction of sp³-hybridized carbons (Fsp3) is 0.250. The van der Waals surface area contributed by atoms with E-state index in [0.29, 0.717) is 0 Å². The number of rotatable bonds is 3. The Hall–Kier alpha value is -2.17. The third kappa shape index (κ3) is 2.18. The molecule has 0 aromatic carbocycles. The number of anilines is 1. The first-order valence-corrected chi connectivity index (χ1v) is 5.59. The summed E-state index contributed by atoms with van der Waals surface area (Å²) >= 11 is 0. The van der Waals surface area contributed by atoms with Gasteiger partial charge in [0.1, 0.15) is 0 Å². The summed E-state index contributed by atoms with van der Waals surface area (Å²) in [6, 6.07) is 3.72. The number of amides is 1. The molecule has 5 nitrogen and oxygen atoms in total. The lowest BCUT2D eigenvalue weighted by atomic mass is 10.4. The van der Waals surface area contributed by atoms with Crippen molar-refractivity contribution in [3.05, 3.63) is 36.9 Å². The first-order chi connectivity index (χ1) is 8.33. The molecule has 0 atom stereocenters. The van der Waals surface area contributed by atoms with Crippen molar-refractivity contribution < 1.29 is 4.79 Å². The molecule has 2 aromatic rings. The SMILES string of the molecule is O=C(Nc1cnn(-c2ccncc2)c1)C1CC1. The number of carbonyl (C=O) groups is 1. The van der Waals surface area contributed by atoms with Gasteiger partial charge in [0.15, 0.2) is 0 Å². The van der Waals surface area contributed by atoms with Gasteiger partial charge in [0, 0.05) is 18.3 Å². The molecule has 1 aliphatic carbocycles. The van der Waals surface area contributed by atoms with Crippen molar-refractivity contribution in [2.24, 2.45) is 5.92 Å². The molecular weight excluding hydrogens is 216 g/mol. The van der Waals surface area contributed by atoms with Crippen LogP contribution in [0, 0.1) is 5.92 Å². The lowest BCUT2D eigenvalue weighted by Gasteiger charge is -2.00. The van der Waals surface area contributed by atoms with E-state index in [-0.39, 0.29) is 11.8 Å². The van der Waals surface area contributed by atoms with Gasteiger partial charge in [-0.25, -0.2) is 4.68 Å². The molecule has 0 spiro atoms. The topological polar surface area (TPSA) is 59.8 Å². The Labute approximate surface area is 98.5 Å². The van der Waals surface area contributed by atoms with Crippen LogP contribution in [0.2, 0.25) is 0 Å². The maximum atomic E-state index is 11.6. The number of nitrogens with one attached hydrogen (secondary N) is 1. The quantitative estimate of drug-likeness (QED) is 0.868. The first-order valence-electron chi connectivity index (χ1n) is 5.59. The Balaban J connectivity index is 1.76. The number of hydrogen-bond acceptors (Lipinski definition) is 3. The Morgan fingerprint density at radius 1 is 1.35 bits per heavy atom. The zero-order valence-corrected chi connectivity index (χ0v) is 9.21. The Morgan fingerprint density at radius 2 is 2.12 bits per heavy atom. The van der Waals surface area contributed by atoms with Gasteiger partial charge in [-0.1, -0.05) is 0 Å². The van der Waals surface area contributed by atoms with Crippen LogP contribution < -0.4 is 5.32 Å². The predicted octanol–water partition coefficient (Wildman–Crippen LogP) is 1.62. The highest BCUT2D eigenvalue weighted by Gasteiger charge is 2.29. The minimum atomic E-state index is 0.0966. The normalized spacial score (nSPS) is 14.6. The average molecular weight is 228 g/mol. The van der Waals surface area contributed by atoms with Crippen molar-refractivity contribution in [1.82, 2.24) is 14.8 Å². The summed E-state index contributed by atoms with van der Waals surface area (Å²) in [7, 11) is 0. The molecule has 1 fully saturated rings. The number of nitrogens with zero attached hydrogens (tertiary/aromatic N) is 3. The molecule has 0 bridgehead atoms. The number of hydrogen-bond donors (Lipinski definition) is 1. The van der Waals surface area contributed by atoms with Crippen LogP contribution in [-0.4, -0.2) is 20.7 Å². The van der Waals surface area contributed by atoms with Crippen LogP contribution in [0.25, 0.3) is 5.69 Å². The van der Waals surface area contributed by atoms with Crippen LogP contribution in [0.1, 0.15) is 12.8 Å². The van der Waals surface area contributed by atoms with E-state index < -0.39 is 0 Å². The second-order valence-corrected chi connectivity index (χ2v) is 4.14. The molecule has 0 radical (unpaired) electrons.